The van der Waals surface area contributed by atoms with Crippen molar-refractivity contribution in [1.29, 1.82) is 0 Å². The van der Waals surface area contributed by atoms with Crippen molar-refractivity contribution in [2.24, 2.45) is 5.10 Å². The van der Waals surface area contributed by atoms with Crippen molar-refractivity contribution < 1.29 is 13.5 Å². The van der Waals surface area contributed by atoms with Crippen molar-refractivity contribution in [2.75, 3.05) is 5.73 Å². The molecule has 0 unspecified atom stereocenters. The predicted octanol–water partition coefficient (Wildman–Crippen LogP) is 3.65. The Morgan fingerprint density at radius 1 is 1.00 bits per heavy atom. The lowest BCUT2D eigenvalue weighted by Gasteiger charge is -2.02. The van der Waals surface area contributed by atoms with Gasteiger partial charge in [0.25, 0.3) is 0 Å². The summed E-state index contributed by atoms with van der Waals surface area (Å²) in [6, 6.07) is 16.9. The van der Waals surface area contributed by atoms with Gasteiger partial charge in [-0.15, -0.1) is 11.3 Å². The number of rotatable bonds is 4. The molecule has 10 heteroatoms. The number of hydrogen-bond donors (Lipinski definition) is 2. The van der Waals surface area contributed by atoms with E-state index in [0.717, 1.165) is 11.3 Å². The van der Waals surface area contributed by atoms with Crippen LogP contribution in [0.25, 0.3) is 22.2 Å². The van der Waals surface area contributed by atoms with Crippen molar-refractivity contribution >= 4 is 55.4 Å². The molecule has 3 heterocycles. The Kier molecular flexibility index (Phi) is 4.45. The minimum Gasteiger partial charge on any atom is -0.507 e. The molecule has 154 valence electrons. The van der Waals surface area contributed by atoms with Crippen LogP contribution in [0.1, 0.15) is 5.56 Å². The molecule has 0 saturated carbocycles. The molecule has 5 aromatic rings. The highest BCUT2D eigenvalue weighted by Crippen LogP contribution is 2.36. The molecule has 2 aromatic carbocycles. The summed E-state index contributed by atoms with van der Waals surface area (Å²) < 4.78 is 28.1. The van der Waals surface area contributed by atoms with E-state index in [4.69, 9.17) is 5.73 Å². The number of para-hydroxylation sites is 3. The van der Waals surface area contributed by atoms with Gasteiger partial charge in [0.05, 0.1) is 17.2 Å². The molecule has 0 fully saturated rings. The van der Waals surface area contributed by atoms with E-state index in [1.54, 1.807) is 47.8 Å². The number of aromatic hydroxyl groups is 1. The second-order valence-corrected chi connectivity index (χ2v) is 9.71. The van der Waals surface area contributed by atoms with Gasteiger partial charge in [-0.05, 0) is 35.7 Å². The molecule has 0 aliphatic heterocycles. The maximum atomic E-state index is 13.4. The molecule has 0 aliphatic rings. The van der Waals surface area contributed by atoms with Crippen LogP contribution in [0, 0.1) is 0 Å². The van der Waals surface area contributed by atoms with E-state index in [9.17, 15) is 13.5 Å². The first-order chi connectivity index (χ1) is 15.0. The topological polar surface area (TPSA) is 123 Å². The van der Waals surface area contributed by atoms with Crippen molar-refractivity contribution in [3.8, 4) is 5.75 Å². The van der Waals surface area contributed by atoms with E-state index in [1.807, 2.05) is 6.07 Å². The predicted molar refractivity (Wildman–Crippen MR) is 120 cm³/mol. The summed E-state index contributed by atoms with van der Waals surface area (Å²) in [6.45, 7) is 0. The molecule has 0 amide bonds. The zero-order valence-corrected chi connectivity index (χ0v) is 17.5. The Bertz CT molecular complexity index is 1570. The lowest BCUT2D eigenvalue weighted by Crippen LogP contribution is -2.05. The summed E-state index contributed by atoms with van der Waals surface area (Å²) in [4.78, 5) is 8.98. The van der Waals surface area contributed by atoms with E-state index < -0.39 is 9.84 Å². The molecule has 0 aliphatic carbocycles. The molecule has 8 nitrogen and oxygen atoms in total. The zero-order chi connectivity index (χ0) is 21.6. The Balaban J connectivity index is 1.82. The van der Waals surface area contributed by atoms with Gasteiger partial charge in [0.2, 0.25) is 9.84 Å². The number of anilines is 1. The van der Waals surface area contributed by atoms with Gasteiger partial charge in [0, 0.05) is 5.56 Å². The lowest BCUT2D eigenvalue weighted by molar-refractivity contribution is 0.474. The molecule has 0 spiro atoms. The summed E-state index contributed by atoms with van der Waals surface area (Å²) in [7, 11) is -3.94. The van der Waals surface area contributed by atoms with E-state index in [1.165, 1.54) is 23.0 Å². The molecule has 31 heavy (non-hydrogen) atoms. The molecule has 0 saturated heterocycles. The molecule has 0 atom stereocenters. The normalized spacial score (nSPS) is 12.3. The van der Waals surface area contributed by atoms with Crippen molar-refractivity contribution in [3.63, 3.8) is 0 Å². The number of nitrogens with two attached hydrogens (primary N) is 1. The van der Waals surface area contributed by atoms with Crippen LogP contribution >= 0.6 is 11.3 Å². The SMILES string of the molecule is Nc1c(S(=O)(=O)c2cccs2)c2nc3ccccc3nc2n1/N=C/c1ccccc1O. The number of fused-ring (bicyclic) bond motifs is 2. The highest BCUT2D eigenvalue weighted by Gasteiger charge is 2.31. The number of hydrogen-bond acceptors (Lipinski definition) is 8. The van der Waals surface area contributed by atoms with Crippen LogP contribution in [0.5, 0.6) is 5.75 Å². The monoisotopic (exact) mass is 449 g/mol. The average molecular weight is 450 g/mol. The van der Waals surface area contributed by atoms with Gasteiger partial charge in [-0.2, -0.15) is 9.78 Å². The number of phenolic OH excluding ortho intramolecular Hbond substituents is 1. The zero-order valence-electron chi connectivity index (χ0n) is 15.9. The molecular weight excluding hydrogens is 434 g/mol. The van der Waals surface area contributed by atoms with Gasteiger partial charge in [-0.1, -0.05) is 30.3 Å². The molecular formula is C21H15N5O3S2. The second-order valence-electron chi connectivity index (χ2n) is 6.65. The fraction of sp³-hybridized carbons (Fsp3) is 0. The van der Waals surface area contributed by atoms with E-state index in [-0.39, 0.29) is 31.8 Å². The minimum absolute atomic E-state index is 0.0317. The maximum absolute atomic E-state index is 13.4. The number of benzene rings is 2. The van der Waals surface area contributed by atoms with Crippen LogP contribution < -0.4 is 5.73 Å². The second kappa shape index (κ2) is 7.18. The minimum atomic E-state index is -3.94. The third-order valence-electron chi connectivity index (χ3n) is 4.71. The van der Waals surface area contributed by atoms with E-state index in [2.05, 4.69) is 15.1 Å². The standard InChI is InChI=1S/C21H15N5O3S2/c22-20-19(31(28,29)17-10-5-11-30-17)18-21(25-15-8-3-2-7-14(15)24-18)26(20)23-12-13-6-1-4-9-16(13)27/h1-12,27H,22H2/b23-12+. The number of aromatic nitrogens is 3. The third kappa shape index (κ3) is 3.13. The van der Waals surface area contributed by atoms with Crippen LogP contribution in [0.4, 0.5) is 5.82 Å². The van der Waals surface area contributed by atoms with Gasteiger partial charge in [-0.25, -0.2) is 18.4 Å². The highest BCUT2D eigenvalue weighted by atomic mass is 32.2. The van der Waals surface area contributed by atoms with Gasteiger partial charge in [0.1, 0.15) is 26.2 Å². The largest absolute Gasteiger partial charge is 0.507 e. The van der Waals surface area contributed by atoms with E-state index in [0.29, 0.717) is 16.6 Å². The molecule has 3 N–H and O–H groups in total. The quantitative estimate of drug-likeness (QED) is 0.404. The van der Waals surface area contributed by atoms with Crippen molar-refractivity contribution in [3.05, 3.63) is 71.6 Å². The number of thiophene rings is 1. The summed E-state index contributed by atoms with van der Waals surface area (Å²) in [5.74, 6) is -0.0744. The smallest absolute Gasteiger partial charge is 0.221 e. The molecule has 3 aromatic heterocycles. The molecule has 5 rings (SSSR count). The Labute approximate surface area is 180 Å². The first-order valence-electron chi connectivity index (χ1n) is 9.14. The maximum Gasteiger partial charge on any atom is 0.221 e. The summed E-state index contributed by atoms with van der Waals surface area (Å²) in [5, 5.41) is 16.0. The van der Waals surface area contributed by atoms with Gasteiger partial charge >= 0.3 is 0 Å². The first-order valence-corrected chi connectivity index (χ1v) is 11.5. The van der Waals surface area contributed by atoms with Gasteiger partial charge < -0.3 is 10.8 Å². The molecule has 0 bridgehead atoms. The Morgan fingerprint density at radius 2 is 1.71 bits per heavy atom. The van der Waals surface area contributed by atoms with Crippen LogP contribution in [0.2, 0.25) is 0 Å². The van der Waals surface area contributed by atoms with Gasteiger partial charge in [0.15, 0.2) is 5.65 Å². The lowest BCUT2D eigenvalue weighted by atomic mass is 10.2. The molecule has 0 radical (unpaired) electrons. The van der Waals surface area contributed by atoms with Gasteiger partial charge in [-0.3, -0.25) is 0 Å². The highest BCUT2D eigenvalue weighted by molar-refractivity contribution is 7.93. The van der Waals surface area contributed by atoms with Crippen LogP contribution in [0.3, 0.4) is 0 Å². The fourth-order valence-electron chi connectivity index (χ4n) is 3.24. The van der Waals surface area contributed by atoms with Crippen LogP contribution in [-0.2, 0) is 9.84 Å². The summed E-state index contributed by atoms with van der Waals surface area (Å²) in [6.07, 6.45) is 1.39. The fourth-order valence-corrected chi connectivity index (χ4v) is 5.82. The van der Waals surface area contributed by atoms with Crippen molar-refractivity contribution in [1.82, 2.24) is 14.6 Å². The van der Waals surface area contributed by atoms with Crippen LogP contribution in [-0.4, -0.2) is 34.4 Å². The average Bonchev–Trinajstić information content (AvgIpc) is 3.39. The number of nitrogen functional groups attached to an aromatic ring is 1. The van der Waals surface area contributed by atoms with E-state index >= 15 is 0 Å². The Morgan fingerprint density at radius 3 is 2.42 bits per heavy atom. The van der Waals surface area contributed by atoms with Crippen LogP contribution in [0.15, 0.2) is 80.2 Å². The number of sulfone groups is 1. The Hall–Kier alpha value is -3.76. The number of phenols is 1. The van der Waals surface area contributed by atoms with Crippen molar-refractivity contribution in [2.45, 2.75) is 9.10 Å². The number of nitrogens with zero attached hydrogens (tertiary/aromatic N) is 4. The third-order valence-corrected chi connectivity index (χ3v) is 7.92. The first kappa shape index (κ1) is 19.2. The summed E-state index contributed by atoms with van der Waals surface area (Å²) in [5.41, 5.74) is 8.21. The summed E-state index contributed by atoms with van der Waals surface area (Å²) >= 11 is 1.09.